The largest absolute Gasteiger partial charge is 0.439 e. The van der Waals surface area contributed by atoms with E-state index < -0.39 is 0 Å². The summed E-state index contributed by atoms with van der Waals surface area (Å²) in [7, 11) is 0. The quantitative estimate of drug-likeness (QED) is 0.866. The minimum absolute atomic E-state index is 0.373. The number of hydrogen-bond acceptors (Lipinski definition) is 4. The van der Waals surface area contributed by atoms with Crippen molar-refractivity contribution in [3.63, 3.8) is 0 Å². The van der Waals surface area contributed by atoms with Crippen molar-refractivity contribution in [2.75, 3.05) is 26.3 Å². The number of halogens is 1. The molecule has 0 aliphatic carbocycles. The molecule has 1 spiro atoms. The Morgan fingerprint density at radius 2 is 2.18 bits per heavy atom. The van der Waals surface area contributed by atoms with Crippen molar-refractivity contribution in [2.24, 2.45) is 5.41 Å². The van der Waals surface area contributed by atoms with Crippen LogP contribution < -0.4 is 0 Å². The second kappa shape index (κ2) is 5.69. The smallest absolute Gasteiger partial charge is 0.209 e. The van der Waals surface area contributed by atoms with Gasteiger partial charge in [-0.2, -0.15) is 0 Å². The topological polar surface area (TPSA) is 38.5 Å². The van der Waals surface area contributed by atoms with Gasteiger partial charge in [-0.05, 0) is 31.5 Å². The Labute approximate surface area is 135 Å². The third kappa shape index (κ3) is 2.67. The third-order valence-electron chi connectivity index (χ3n) is 4.75. The van der Waals surface area contributed by atoms with E-state index >= 15 is 0 Å². The molecule has 0 radical (unpaired) electrons. The lowest BCUT2D eigenvalue weighted by Gasteiger charge is -2.21. The molecule has 1 aromatic carbocycles. The fraction of sp³-hybridized carbons (Fsp3) is 0.471. The lowest BCUT2D eigenvalue weighted by molar-refractivity contribution is 0.150. The van der Waals surface area contributed by atoms with Crippen LogP contribution in [-0.2, 0) is 11.3 Å². The van der Waals surface area contributed by atoms with Crippen molar-refractivity contribution in [3.8, 4) is 11.3 Å². The Balaban J connectivity index is 1.46. The van der Waals surface area contributed by atoms with Crippen molar-refractivity contribution in [1.82, 2.24) is 9.88 Å². The molecule has 1 aromatic heterocycles. The van der Waals surface area contributed by atoms with Gasteiger partial charge in [-0.3, -0.25) is 4.90 Å². The molecule has 5 heteroatoms. The highest BCUT2D eigenvalue weighted by Gasteiger charge is 2.41. The van der Waals surface area contributed by atoms with E-state index in [0.717, 1.165) is 50.1 Å². The van der Waals surface area contributed by atoms with Crippen LogP contribution in [0, 0.1) is 5.41 Å². The number of aromatic nitrogens is 1. The summed E-state index contributed by atoms with van der Waals surface area (Å²) in [5.41, 5.74) is 1.27. The zero-order valence-corrected chi connectivity index (χ0v) is 13.2. The van der Waals surface area contributed by atoms with Gasteiger partial charge in [0.2, 0.25) is 5.89 Å². The molecule has 116 valence electrons. The molecule has 3 heterocycles. The predicted octanol–water partition coefficient (Wildman–Crippen LogP) is 3.61. The van der Waals surface area contributed by atoms with Crippen LogP contribution in [0.1, 0.15) is 18.7 Å². The molecule has 2 saturated heterocycles. The maximum absolute atomic E-state index is 6.21. The minimum atomic E-state index is 0.373. The van der Waals surface area contributed by atoms with Crippen LogP contribution in [0.15, 0.2) is 34.9 Å². The number of rotatable bonds is 3. The Hall–Kier alpha value is -1.36. The Morgan fingerprint density at radius 3 is 3.00 bits per heavy atom. The van der Waals surface area contributed by atoms with Crippen LogP contribution >= 0.6 is 11.6 Å². The summed E-state index contributed by atoms with van der Waals surface area (Å²) in [6, 6.07) is 7.68. The third-order valence-corrected chi connectivity index (χ3v) is 5.08. The van der Waals surface area contributed by atoms with Gasteiger partial charge in [0.25, 0.3) is 0 Å². The van der Waals surface area contributed by atoms with Gasteiger partial charge in [-0.25, -0.2) is 4.98 Å². The average Bonchev–Trinajstić information content (AvgIpc) is 3.24. The first kappa shape index (κ1) is 14.2. The number of hydrogen-bond donors (Lipinski definition) is 0. The lowest BCUT2D eigenvalue weighted by Crippen LogP contribution is -2.27. The van der Waals surface area contributed by atoms with Gasteiger partial charge < -0.3 is 9.15 Å². The van der Waals surface area contributed by atoms with Crippen molar-refractivity contribution in [2.45, 2.75) is 19.4 Å². The number of likely N-dealkylation sites (tertiary alicyclic amines) is 1. The van der Waals surface area contributed by atoms with Crippen LogP contribution in [0.5, 0.6) is 0 Å². The fourth-order valence-corrected chi connectivity index (χ4v) is 3.72. The van der Waals surface area contributed by atoms with Crippen molar-refractivity contribution < 1.29 is 9.15 Å². The Kier molecular flexibility index (Phi) is 3.68. The number of nitrogens with zero attached hydrogens (tertiary/aromatic N) is 2. The van der Waals surface area contributed by atoms with Crippen molar-refractivity contribution in [1.29, 1.82) is 0 Å². The van der Waals surface area contributed by atoms with Crippen LogP contribution in [0.25, 0.3) is 11.3 Å². The highest BCUT2D eigenvalue weighted by atomic mass is 35.5. The normalized spacial score (nSPS) is 25.3. The summed E-state index contributed by atoms with van der Waals surface area (Å²) in [6.07, 6.45) is 4.16. The molecular weight excluding hydrogens is 300 g/mol. The van der Waals surface area contributed by atoms with E-state index in [4.69, 9.17) is 20.8 Å². The van der Waals surface area contributed by atoms with Crippen LogP contribution in [0.3, 0.4) is 0 Å². The van der Waals surface area contributed by atoms with E-state index in [2.05, 4.69) is 9.88 Å². The minimum Gasteiger partial charge on any atom is -0.439 e. The number of oxazole rings is 1. The van der Waals surface area contributed by atoms with Gasteiger partial charge in [-0.1, -0.05) is 23.7 Å². The van der Waals surface area contributed by atoms with Gasteiger partial charge in [0, 0.05) is 24.1 Å². The molecule has 2 aliphatic heterocycles. The van der Waals surface area contributed by atoms with Gasteiger partial charge >= 0.3 is 0 Å². The second-order valence-electron chi connectivity index (χ2n) is 6.36. The van der Waals surface area contributed by atoms with Crippen LogP contribution in [-0.4, -0.2) is 36.2 Å². The maximum atomic E-state index is 6.21. The van der Waals surface area contributed by atoms with E-state index in [1.165, 1.54) is 12.8 Å². The molecular formula is C17H19ClN2O2. The van der Waals surface area contributed by atoms with Crippen LogP contribution in [0.4, 0.5) is 0 Å². The first-order chi connectivity index (χ1) is 10.7. The highest BCUT2D eigenvalue weighted by molar-refractivity contribution is 6.33. The zero-order chi connectivity index (χ0) is 15.0. The summed E-state index contributed by atoms with van der Waals surface area (Å²) in [6.45, 7) is 4.74. The molecule has 0 bridgehead atoms. The maximum Gasteiger partial charge on any atom is 0.209 e. The van der Waals surface area contributed by atoms with Gasteiger partial charge in [0.1, 0.15) is 0 Å². The molecule has 2 aromatic rings. The van der Waals surface area contributed by atoms with E-state index in [1.54, 1.807) is 6.20 Å². The lowest BCUT2D eigenvalue weighted by atomic mass is 9.87. The highest BCUT2D eigenvalue weighted by Crippen LogP contribution is 2.38. The molecule has 1 atom stereocenters. The average molecular weight is 319 g/mol. The monoisotopic (exact) mass is 318 g/mol. The van der Waals surface area contributed by atoms with E-state index in [-0.39, 0.29) is 0 Å². The summed E-state index contributed by atoms with van der Waals surface area (Å²) in [4.78, 5) is 6.83. The predicted molar refractivity (Wildman–Crippen MR) is 84.7 cm³/mol. The Bertz CT molecular complexity index is 664. The van der Waals surface area contributed by atoms with E-state index in [0.29, 0.717) is 10.4 Å². The fourth-order valence-electron chi connectivity index (χ4n) is 3.49. The van der Waals surface area contributed by atoms with Crippen LogP contribution in [0.2, 0.25) is 5.02 Å². The molecule has 0 saturated carbocycles. The number of benzene rings is 1. The summed E-state index contributed by atoms with van der Waals surface area (Å²) < 4.78 is 11.5. The van der Waals surface area contributed by atoms with Gasteiger partial charge in [-0.15, -0.1) is 0 Å². The SMILES string of the molecule is Clc1ccccc1-c1cnc(CN2CCC3(CCOC3)C2)o1. The first-order valence-electron chi connectivity index (χ1n) is 7.74. The summed E-state index contributed by atoms with van der Waals surface area (Å²) >= 11 is 6.21. The molecule has 1 unspecified atom stereocenters. The number of ether oxygens (including phenoxy) is 1. The molecule has 22 heavy (non-hydrogen) atoms. The van der Waals surface area contributed by atoms with E-state index in [9.17, 15) is 0 Å². The molecule has 4 nitrogen and oxygen atoms in total. The standard InChI is InChI=1S/C17H19ClN2O2/c18-14-4-2-1-3-13(14)15-9-19-16(22-15)10-20-7-5-17(11-20)6-8-21-12-17/h1-4,9H,5-8,10-12H2. The second-order valence-corrected chi connectivity index (χ2v) is 6.77. The van der Waals surface area contributed by atoms with Gasteiger partial charge in [0.05, 0.1) is 24.4 Å². The molecule has 2 fully saturated rings. The molecule has 2 aliphatic rings. The molecule has 4 rings (SSSR count). The summed E-state index contributed by atoms with van der Waals surface area (Å²) in [5, 5.41) is 0.688. The summed E-state index contributed by atoms with van der Waals surface area (Å²) in [5.74, 6) is 1.49. The van der Waals surface area contributed by atoms with Crippen molar-refractivity contribution >= 4 is 11.6 Å². The van der Waals surface area contributed by atoms with Gasteiger partial charge in [0.15, 0.2) is 5.76 Å². The Morgan fingerprint density at radius 1 is 1.27 bits per heavy atom. The van der Waals surface area contributed by atoms with E-state index in [1.807, 2.05) is 24.3 Å². The molecule has 0 amide bonds. The zero-order valence-electron chi connectivity index (χ0n) is 12.4. The molecule has 0 N–H and O–H groups in total. The first-order valence-corrected chi connectivity index (χ1v) is 8.12. The van der Waals surface area contributed by atoms with Crippen molar-refractivity contribution in [3.05, 3.63) is 41.4 Å².